The van der Waals surface area contributed by atoms with Crippen molar-refractivity contribution in [2.24, 2.45) is 11.7 Å². The fourth-order valence-electron chi connectivity index (χ4n) is 1.82. The molecule has 0 aliphatic carbocycles. The Morgan fingerprint density at radius 2 is 2.18 bits per heavy atom. The van der Waals surface area contributed by atoms with Gasteiger partial charge in [0.25, 0.3) is 0 Å². The molecular weight excluding hydrogens is 214 g/mol. The highest BCUT2D eigenvalue weighted by molar-refractivity contribution is 5.80. The molecule has 0 aromatic heterocycles. The Hall–Kier alpha value is -1.35. The van der Waals surface area contributed by atoms with Gasteiger partial charge in [0.2, 0.25) is 0 Å². The zero-order chi connectivity index (χ0) is 12.7. The van der Waals surface area contributed by atoms with Gasteiger partial charge in [-0.1, -0.05) is 19.1 Å². The van der Waals surface area contributed by atoms with Crippen LogP contribution in [0.5, 0.6) is 5.75 Å². The topological polar surface area (TPSA) is 63.3 Å². The molecule has 1 unspecified atom stereocenters. The monoisotopic (exact) mass is 235 g/mol. The second kappa shape index (κ2) is 7.07. The molecule has 0 aliphatic heterocycles. The molecule has 94 valence electrons. The predicted molar refractivity (Wildman–Crippen MR) is 68.9 cm³/mol. The number of aromatic hydroxyl groups is 1. The first kappa shape index (κ1) is 13.7. The van der Waals surface area contributed by atoms with Crippen LogP contribution in [-0.2, 0) is 11.2 Å². The summed E-state index contributed by atoms with van der Waals surface area (Å²) in [5.74, 6) is 0.944. The van der Waals surface area contributed by atoms with E-state index in [2.05, 4.69) is 6.92 Å². The Kier molecular flexibility index (Phi) is 5.70. The number of Topliss-reactive ketones (excluding diaryl/α,β-unsaturated/α-hetero) is 1. The molecule has 0 bridgehead atoms. The highest BCUT2D eigenvalue weighted by Gasteiger charge is 2.07. The van der Waals surface area contributed by atoms with E-state index >= 15 is 0 Å². The average Bonchev–Trinajstić information content (AvgIpc) is 2.27. The van der Waals surface area contributed by atoms with Crippen LogP contribution in [0, 0.1) is 5.92 Å². The predicted octanol–water partition coefficient (Wildman–Crippen LogP) is 2.27. The molecule has 1 atom stereocenters. The van der Waals surface area contributed by atoms with Crippen LogP contribution in [0.15, 0.2) is 24.3 Å². The van der Waals surface area contributed by atoms with Crippen LogP contribution < -0.4 is 5.73 Å². The molecule has 17 heavy (non-hydrogen) atoms. The number of hydrogen-bond donors (Lipinski definition) is 2. The van der Waals surface area contributed by atoms with E-state index in [1.165, 1.54) is 0 Å². The molecule has 1 aromatic rings. The lowest BCUT2D eigenvalue weighted by molar-refractivity contribution is -0.118. The maximum atomic E-state index is 11.7. The molecule has 0 heterocycles. The molecule has 0 spiro atoms. The summed E-state index contributed by atoms with van der Waals surface area (Å²) in [4.78, 5) is 11.7. The highest BCUT2D eigenvalue weighted by Crippen LogP contribution is 2.14. The number of phenolic OH excluding ortho intramolecular Hbond substituents is 1. The van der Waals surface area contributed by atoms with Gasteiger partial charge in [-0.05, 0) is 43.0 Å². The van der Waals surface area contributed by atoms with Crippen molar-refractivity contribution in [2.75, 3.05) is 6.54 Å². The number of carbonyl (C=O) groups excluding carboxylic acids is 1. The number of ketones is 1. The number of rotatable bonds is 7. The molecule has 0 radical (unpaired) electrons. The van der Waals surface area contributed by atoms with E-state index in [0.717, 1.165) is 18.4 Å². The number of benzene rings is 1. The average molecular weight is 235 g/mol. The molecule has 3 heteroatoms. The maximum absolute atomic E-state index is 11.7. The lowest BCUT2D eigenvalue weighted by atomic mass is 9.98. The van der Waals surface area contributed by atoms with Crippen LogP contribution in [0.4, 0.5) is 0 Å². The van der Waals surface area contributed by atoms with Crippen LogP contribution in [0.1, 0.15) is 31.7 Å². The van der Waals surface area contributed by atoms with E-state index in [9.17, 15) is 9.90 Å². The molecule has 0 amide bonds. The molecule has 0 saturated carbocycles. The summed E-state index contributed by atoms with van der Waals surface area (Å²) in [7, 11) is 0. The molecule has 3 nitrogen and oxygen atoms in total. The lowest BCUT2D eigenvalue weighted by Gasteiger charge is -2.08. The zero-order valence-electron chi connectivity index (χ0n) is 10.4. The van der Waals surface area contributed by atoms with Crippen molar-refractivity contribution < 1.29 is 9.90 Å². The molecule has 0 fully saturated rings. The summed E-state index contributed by atoms with van der Waals surface area (Å²) < 4.78 is 0. The molecule has 0 saturated heterocycles. The van der Waals surface area contributed by atoms with E-state index in [-0.39, 0.29) is 11.5 Å². The van der Waals surface area contributed by atoms with Gasteiger partial charge in [-0.3, -0.25) is 4.79 Å². The minimum Gasteiger partial charge on any atom is -0.508 e. The van der Waals surface area contributed by atoms with Crippen molar-refractivity contribution >= 4 is 5.78 Å². The van der Waals surface area contributed by atoms with Crippen LogP contribution in [0.25, 0.3) is 0 Å². The maximum Gasteiger partial charge on any atom is 0.137 e. The van der Waals surface area contributed by atoms with Gasteiger partial charge in [-0.15, -0.1) is 0 Å². The second-order valence-electron chi connectivity index (χ2n) is 4.61. The van der Waals surface area contributed by atoms with E-state index in [0.29, 0.717) is 25.3 Å². The van der Waals surface area contributed by atoms with Crippen LogP contribution in [0.2, 0.25) is 0 Å². The van der Waals surface area contributed by atoms with Crippen molar-refractivity contribution in [1.82, 2.24) is 0 Å². The van der Waals surface area contributed by atoms with Crippen molar-refractivity contribution in [3.05, 3.63) is 29.8 Å². The Morgan fingerprint density at radius 1 is 1.41 bits per heavy atom. The fourth-order valence-corrected chi connectivity index (χ4v) is 1.82. The number of carbonyl (C=O) groups is 1. The van der Waals surface area contributed by atoms with E-state index in [1.807, 2.05) is 6.07 Å². The molecule has 3 N–H and O–H groups in total. The largest absolute Gasteiger partial charge is 0.508 e. The van der Waals surface area contributed by atoms with E-state index in [4.69, 9.17) is 5.73 Å². The molecule has 1 rings (SSSR count). The Labute approximate surface area is 103 Å². The van der Waals surface area contributed by atoms with Gasteiger partial charge in [-0.2, -0.15) is 0 Å². The second-order valence-corrected chi connectivity index (χ2v) is 4.61. The zero-order valence-corrected chi connectivity index (χ0v) is 10.4. The lowest BCUT2D eigenvalue weighted by Crippen LogP contribution is -2.09. The summed E-state index contributed by atoms with van der Waals surface area (Å²) in [6.07, 6.45) is 2.87. The van der Waals surface area contributed by atoms with Gasteiger partial charge >= 0.3 is 0 Å². The summed E-state index contributed by atoms with van der Waals surface area (Å²) in [6, 6.07) is 6.87. The van der Waals surface area contributed by atoms with Crippen LogP contribution in [0.3, 0.4) is 0 Å². The third kappa shape index (κ3) is 5.50. The normalized spacial score (nSPS) is 12.4. The van der Waals surface area contributed by atoms with Gasteiger partial charge in [0.15, 0.2) is 0 Å². The minimum atomic E-state index is 0.215. The first-order valence-corrected chi connectivity index (χ1v) is 6.11. The summed E-state index contributed by atoms with van der Waals surface area (Å²) in [6.45, 7) is 2.80. The van der Waals surface area contributed by atoms with Crippen molar-refractivity contribution in [3.63, 3.8) is 0 Å². The first-order valence-electron chi connectivity index (χ1n) is 6.11. The van der Waals surface area contributed by atoms with E-state index in [1.54, 1.807) is 18.2 Å². The third-order valence-electron chi connectivity index (χ3n) is 2.89. The van der Waals surface area contributed by atoms with Gasteiger partial charge in [0.1, 0.15) is 11.5 Å². The van der Waals surface area contributed by atoms with Crippen LogP contribution in [-0.4, -0.2) is 17.4 Å². The van der Waals surface area contributed by atoms with Crippen LogP contribution >= 0.6 is 0 Å². The number of phenols is 1. The molecular formula is C14H21NO2. The van der Waals surface area contributed by atoms with Crippen molar-refractivity contribution in [3.8, 4) is 5.75 Å². The van der Waals surface area contributed by atoms with Crippen molar-refractivity contribution in [1.29, 1.82) is 0 Å². The quantitative estimate of drug-likeness (QED) is 0.762. The molecule has 1 aromatic carbocycles. The van der Waals surface area contributed by atoms with E-state index < -0.39 is 0 Å². The fraction of sp³-hybridized carbons (Fsp3) is 0.500. The SMILES string of the molecule is CC(CCN)CCC(=O)Cc1cccc(O)c1. The summed E-state index contributed by atoms with van der Waals surface area (Å²) in [5, 5.41) is 9.29. The van der Waals surface area contributed by atoms with Gasteiger partial charge in [0, 0.05) is 12.8 Å². The van der Waals surface area contributed by atoms with Gasteiger partial charge in [-0.25, -0.2) is 0 Å². The first-order chi connectivity index (χ1) is 8.11. The standard InChI is InChI=1S/C14H21NO2/c1-11(7-8-15)5-6-14(17)10-12-3-2-4-13(16)9-12/h2-4,9,11,16H,5-8,10,15H2,1H3. The highest BCUT2D eigenvalue weighted by atomic mass is 16.3. The summed E-state index contributed by atoms with van der Waals surface area (Å²) >= 11 is 0. The van der Waals surface area contributed by atoms with Crippen molar-refractivity contribution in [2.45, 2.75) is 32.6 Å². The Bertz CT molecular complexity index is 363. The number of hydrogen-bond acceptors (Lipinski definition) is 3. The summed E-state index contributed by atoms with van der Waals surface area (Å²) in [5.41, 5.74) is 6.34. The third-order valence-corrected chi connectivity index (χ3v) is 2.89. The van der Waals surface area contributed by atoms with Gasteiger partial charge in [0.05, 0.1) is 0 Å². The van der Waals surface area contributed by atoms with Gasteiger partial charge < -0.3 is 10.8 Å². The smallest absolute Gasteiger partial charge is 0.137 e. The number of nitrogens with two attached hydrogens (primary N) is 1. The minimum absolute atomic E-state index is 0.215. The Morgan fingerprint density at radius 3 is 2.82 bits per heavy atom. The molecule has 0 aliphatic rings. The Balaban J connectivity index is 2.34.